The molecule has 1 aromatic carbocycles. The lowest BCUT2D eigenvalue weighted by molar-refractivity contribution is -0.143. The van der Waals surface area contributed by atoms with Gasteiger partial charge >= 0.3 is 5.97 Å². The van der Waals surface area contributed by atoms with Gasteiger partial charge in [0.1, 0.15) is 5.75 Å². The Kier molecular flexibility index (Phi) is 3.32. The van der Waals surface area contributed by atoms with Crippen molar-refractivity contribution in [3.8, 4) is 5.75 Å². The summed E-state index contributed by atoms with van der Waals surface area (Å²) in [5, 5.41) is 0. The first-order chi connectivity index (χ1) is 8.20. The summed E-state index contributed by atoms with van der Waals surface area (Å²) in [4.78, 5) is 11.3. The topological polar surface area (TPSA) is 61.6 Å². The minimum absolute atomic E-state index is 0.300. The van der Waals surface area contributed by atoms with Crippen LogP contribution in [0.5, 0.6) is 5.75 Å². The molecule has 1 heterocycles. The first-order valence-electron chi connectivity index (χ1n) is 5.53. The summed E-state index contributed by atoms with van der Waals surface area (Å²) in [6, 6.07) is 5.36. The van der Waals surface area contributed by atoms with E-state index >= 15 is 0 Å². The number of rotatable bonds is 4. The summed E-state index contributed by atoms with van der Waals surface area (Å²) < 4.78 is 10.5. The van der Waals surface area contributed by atoms with E-state index in [0.29, 0.717) is 30.9 Å². The predicted molar refractivity (Wildman–Crippen MR) is 64.7 cm³/mol. The average Bonchev–Trinajstić information content (AvgIpc) is 2.69. The fraction of sp³-hybridized carbons (Fsp3) is 0.308. The molecule has 90 valence electrons. The molecular weight excluding hydrogens is 218 g/mol. The van der Waals surface area contributed by atoms with Crippen LogP contribution in [0.3, 0.4) is 0 Å². The second-order valence-corrected chi connectivity index (χ2v) is 3.92. The SMILES string of the molecule is C=CCc1cc(N)ccc1OC1CCOC1=O. The third-order valence-electron chi connectivity index (χ3n) is 2.61. The van der Waals surface area contributed by atoms with E-state index < -0.39 is 6.10 Å². The van der Waals surface area contributed by atoms with Crippen molar-refractivity contribution in [3.63, 3.8) is 0 Å². The molecule has 1 aliphatic rings. The number of cyclic esters (lactones) is 1. The van der Waals surface area contributed by atoms with Gasteiger partial charge in [-0.05, 0) is 30.2 Å². The van der Waals surface area contributed by atoms with E-state index in [1.807, 2.05) is 6.07 Å². The highest BCUT2D eigenvalue weighted by Gasteiger charge is 2.28. The maximum Gasteiger partial charge on any atom is 0.347 e. The largest absolute Gasteiger partial charge is 0.478 e. The van der Waals surface area contributed by atoms with Gasteiger partial charge in [0.15, 0.2) is 6.10 Å². The maximum absolute atomic E-state index is 11.3. The summed E-state index contributed by atoms with van der Waals surface area (Å²) in [5.74, 6) is 0.370. The van der Waals surface area contributed by atoms with Crippen LogP contribution in [0.2, 0.25) is 0 Å². The van der Waals surface area contributed by atoms with E-state index in [9.17, 15) is 4.79 Å². The first-order valence-corrected chi connectivity index (χ1v) is 5.53. The summed E-state index contributed by atoms with van der Waals surface area (Å²) in [7, 11) is 0. The molecule has 0 spiro atoms. The van der Waals surface area contributed by atoms with Crippen LogP contribution in [0, 0.1) is 0 Å². The quantitative estimate of drug-likeness (QED) is 0.488. The minimum Gasteiger partial charge on any atom is -0.478 e. The number of ether oxygens (including phenoxy) is 2. The van der Waals surface area contributed by atoms with Crippen molar-refractivity contribution in [1.82, 2.24) is 0 Å². The molecule has 1 unspecified atom stereocenters. The van der Waals surface area contributed by atoms with Gasteiger partial charge in [-0.15, -0.1) is 6.58 Å². The fourth-order valence-corrected chi connectivity index (χ4v) is 1.77. The molecule has 1 fully saturated rings. The molecule has 0 radical (unpaired) electrons. The van der Waals surface area contributed by atoms with E-state index in [1.54, 1.807) is 18.2 Å². The van der Waals surface area contributed by atoms with Gasteiger partial charge in [0, 0.05) is 12.1 Å². The summed E-state index contributed by atoms with van der Waals surface area (Å²) in [5.41, 5.74) is 7.31. The van der Waals surface area contributed by atoms with Gasteiger partial charge in [-0.2, -0.15) is 0 Å². The summed E-state index contributed by atoms with van der Waals surface area (Å²) >= 11 is 0. The van der Waals surface area contributed by atoms with Gasteiger partial charge in [0.05, 0.1) is 6.61 Å². The maximum atomic E-state index is 11.3. The van der Waals surface area contributed by atoms with Crippen molar-refractivity contribution < 1.29 is 14.3 Å². The number of hydrogen-bond acceptors (Lipinski definition) is 4. The zero-order valence-electron chi connectivity index (χ0n) is 9.52. The van der Waals surface area contributed by atoms with Gasteiger partial charge in [-0.3, -0.25) is 0 Å². The second-order valence-electron chi connectivity index (χ2n) is 3.92. The Morgan fingerprint density at radius 1 is 1.59 bits per heavy atom. The highest BCUT2D eigenvalue weighted by atomic mass is 16.6. The van der Waals surface area contributed by atoms with Gasteiger partial charge in [0.25, 0.3) is 0 Å². The molecule has 1 saturated heterocycles. The van der Waals surface area contributed by atoms with Crippen LogP contribution in [0.25, 0.3) is 0 Å². The predicted octanol–water partition coefficient (Wildman–Crippen LogP) is 1.69. The molecular formula is C13H15NO3. The van der Waals surface area contributed by atoms with E-state index in [0.717, 1.165) is 5.56 Å². The van der Waals surface area contributed by atoms with Crippen LogP contribution in [-0.2, 0) is 16.0 Å². The third kappa shape index (κ3) is 2.58. The lowest BCUT2D eigenvalue weighted by Crippen LogP contribution is -2.22. The Bertz CT molecular complexity index is 442. The Hall–Kier alpha value is -1.97. The number of esters is 1. The number of allylic oxidation sites excluding steroid dienone is 1. The highest BCUT2D eigenvalue weighted by molar-refractivity contribution is 5.76. The first kappa shape index (κ1) is 11.5. The number of carbonyl (C=O) groups excluding carboxylic acids is 1. The number of hydrogen-bond donors (Lipinski definition) is 1. The van der Waals surface area contributed by atoms with Gasteiger partial charge < -0.3 is 15.2 Å². The van der Waals surface area contributed by atoms with Crippen molar-refractivity contribution in [3.05, 3.63) is 36.4 Å². The van der Waals surface area contributed by atoms with Gasteiger partial charge in [-0.25, -0.2) is 4.79 Å². The van der Waals surface area contributed by atoms with Crippen LogP contribution < -0.4 is 10.5 Å². The zero-order chi connectivity index (χ0) is 12.3. The normalized spacial score (nSPS) is 18.8. The molecule has 4 heteroatoms. The Labute approximate surface area is 100 Å². The summed E-state index contributed by atoms with van der Waals surface area (Å²) in [6.45, 7) is 4.11. The molecule has 0 saturated carbocycles. The van der Waals surface area contributed by atoms with E-state index in [4.69, 9.17) is 15.2 Å². The van der Waals surface area contributed by atoms with Crippen molar-refractivity contribution in [2.24, 2.45) is 0 Å². The Morgan fingerprint density at radius 2 is 2.41 bits per heavy atom. The molecule has 0 amide bonds. The van der Waals surface area contributed by atoms with Crippen molar-refractivity contribution in [1.29, 1.82) is 0 Å². The lowest BCUT2D eigenvalue weighted by Gasteiger charge is -2.14. The second kappa shape index (κ2) is 4.91. The molecule has 2 N–H and O–H groups in total. The Morgan fingerprint density at radius 3 is 3.06 bits per heavy atom. The monoisotopic (exact) mass is 233 g/mol. The zero-order valence-corrected chi connectivity index (χ0v) is 9.52. The molecule has 17 heavy (non-hydrogen) atoms. The average molecular weight is 233 g/mol. The third-order valence-corrected chi connectivity index (χ3v) is 2.61. The van der Waals surface area contributed by atoms with E-state index in [2.05, 4.69) is 6.58 Å². The summed E-state index contributed by atoms with van der Waals surface area (Å²) in [6.07, 6.45) is 2.52. The van der Waals surface area contributed by atoms with Crippen molar-refractivity contribution in [2.45, 2.75) is 18.9 Å². The van der Waals surface area contributed by atoms with Crippen molar-refractivity contribution in [2.75, 3.05) is 12.3 Å². The van der Waals surface area contributed by atoms with Gasteiger partial charge in [-0.1, -0.05) is 6.08 Å². The van der Waals surface area contributed by atoms with Crippen LogP contribution >= 0.6 is 0 Å². The number of anilines is 1. The van der Waals surface area contributed by atoms with Crippen LogP contribution in [0.15, 0.2) is 30.9 Å². The molecule has 0 bridgehead atoms. The Balaban J connectivity index is 2.19. The number of benzene rings is 1. The van der Waals surface area contributed by atoms with Crippen LogP contribution in [-0.4, -0.2) is 18.7 Å². The highest BCUT2D eigenvalue weighted by Crippen LogP contribution is 2.25. The van der Waals surface area contributed by atoms with E-state index in [-0.39, 0.29) is 5.97 Å². The molecule has 1 aromatic rings. The molecule has 1 atom stereocenters. The number of nitrogens with two attached hydrogens (primary N) is 1. The molecule has 1 aliphatic heterocycles. The lowest BCUT2D eigenvalue weighted by atomic mass is 10.1. The fourth-order valence-electron chi connectivity index (χ4n) is 1.77. The molecule has 4 nitrogen and oxygen atoms in total. The number of carbonyl (C=O) groups is 1. The molecule has 0 aliphatic carbocycles. The van der Waals surface area contributed by atoms with E-state index in [1.165, 1.54) is 0 Å². The van der Waals surface area contributed by atoms with Crippen LogP contribution in [0.1, 0.15) is 12.0 Å². The van der Waals surface area contributed by atoms with Crippen LogP contribution in [0.4, 0.5) is 5.69 Å². The smallest absolute Gasteiger partial charge is 0.347 e. The standard InChI is InChI=1S/C13H15NO3/c1-2-3-9-8-10(14)4-5-11(9)17-12-6-7-16-13(12)15/h2,4-5,8,12H,1,3,6-7,14H2. The molecule has 0 aromatic heterocycles. The van der Waals surface area contributed by atoms with Crippen molar-refractivity contribution >= 4 is 11.7 Å². The van der Waals surface area contributed by atoms with Gasteiger partial charge in [0.2, 0.25) is 0 Å². The molecule has 2 rings (SSSR count). The number of nitrogen functional groups attached to an aromatic ring is 1. The minimum atomic E-state index is -0.498.